The first-order chi connectivity index (χ1) is 13.5. The van der Waals surface area contributed by atoms with Gasteiger partial charge in [-0.2, -0.15) is 0 Å². The smallest absolute Gasteiger partial charge is 0.258 e. The van der Waals surface area contributed by atoms with E-state index in [0.29, 0.717) is 28.9 Å². The van der Waals surface area contributed by atoms with E-state index in [0.717, 1.165) is 5.69 Å². The van der Waals surface area contributed by atoms with E-state index in [9.17, 15) is 14.4 Å². The molecule has 1 aliphatic heterocycles. The van der Waals surface area contributed by atoms with E-state index in [-0.39, 0.29) is 23.8 Å². The van der Waals surface area contributed by atoms with Crippen LogP contribution >= 0.6 is 0 Å². The molecule has 2 amide bonds. The van der Waals surface area contributed by atoms with E-state index >= 15 is 0 Å². The molecule has 0 radical (unpaired) electrons. The Bertz CT molecular complexity index is 1110. The largest absolute Gasteiger partial charge is 0.497 e. The summed E-state index contributed by atoms with van der Waals surface area (Å²) in [5.74, 6) is -0.142. The Morgan fingerprint density at radius 3 is 2.75 bits per heavy atom. The third-order valence-corrected chi connectivity index (χ3v) is 4.79. The van der Waals surface area contributed by atoms with E-state index in [4.69, 9.17) is 4.74 Å². The number of carbonyl (C=O) groups is 2. The van der Waals surface area contributed by atoms with Gasteiger partial charge in [-0.15, -0.1) is 0 Å². The number of carbonyl (C=O) groups excluding carboxylic acids is 2. The number of aromatic amines is 1. The Kier molecular flexibility index (Phi) is 4.52. The fraction of sp³-hybridized carbons (Fsp3) is 0.200. The van der Waals surface area contributed by atoms with Gasteiger partial charge in [0.15, 0.2) is 0 Å². The van der Waals surface area contributed by atoms with Gasteiger partial charge in [0.1, 0.15) is 5.75 Å². The first kappa shape index (κ1) is 17.7. The predicted molar refractivity (Wildman–Crippen MR) is 104 cm³/mol. The number of benzene rings is 2. The zero-order valence-corrected chi connectivity index (χ0v) is 15.1. The van der Waals surface area contributed by atoms with Crippen molar-refractivity contribution in [3.8, 4) is 5.75 Å². The molecule has 1 unspecified atom stereocenters. The van der Waals surface area contributed by atoms with Crippen LogP contribution in [0.5, 0.6) is 5.75 Å². The molecule has 2 aromatic carbocycles. The van der Waals surface area contributed by atoms with Gasteiger partial charge in [0.05, 0.1) is 30.3 Å². The van der Waals surface area contributed by atoms with E-state index in [1.54, 1.807) is 54.5 Å². The average Bonchev–Trinajstić information content (AvgIpc) is 3.10. The summed E-state index contributed by atoms with van der Waals surface area (Å²) in [6.45, 7) is 0.298. The van der Waals surface area contributed by atoms with Crippen molar-refractivity contribution in [3.05, 3.63) is 59.1 Å². The number of nitrogens with one attached hydrogen (secondary N) is 2. The van der Waals surface area contributed by atoms with Crippen molar-refractivity contribution in [1.82, 2.24) is 9.97 Å². The van der Waals surface area contributed by atoms with E-state index < -0.39 is 5.92 Å². The van der Waals surface area contributed by atoms with Crippen LogP contribution in [0.1, 0.15) is 6.42 Å². The highest BCUT2D eigenvalue weighted by atomic mass is 16.5. The highest BCUT2D eigenvalue weighted by molar-refractivity contribution is 6.04. The number of anilines is 2. The van der Waals surface area contributed by atoms with Gasteiger partial charge in [0, 0.05) is 24.3 Å². The third kappa shape index (κ3) is 3.32. The van der Waals surface area contributed by atoms with Crippen LogP contribution in [-0.4, -0.2) is 35.4 Å². The highest BCUT2D eigenvalue weighted by Gasteiger charge is 2.35. The molecule has 1 atom stereocenters. The Morgan fingerprint density at radius 2 is 2.00 bits per heavy atom. The number of rotatable bonds is 4. The molecule has 1 saturated heterocycles. The molecule has 1 fully saturated rings. The van der Waals surface area contributed by atoms with Gasteiger partial charge in [0.25, 0.3) is 5.56 Å². The van der Waals surface area contributed by atoms with Crippen molar-refractivity contribution < 1.29 is 14.3 Å². The normalized spacial score (nSPS) is 16.4. The Morgan fingerprint density at radius 1 is 1.21 bits per heavy atom. The zero-order chi connectivity index (χ0) is 19.7. The van der Waals surface area contributed by atoms with Gasteiger partial charge in [-0.3, -0.25) is 14.4 Å². The number of fused-ring (bicyclic) bond motifs is 1. The summed E-state index contributed by atoms with van der Waals surface area (Å²) in [5.41, 5.74) is 1.49. The number of hydrogen-bond acceptors (Lipinski definition) is 5. The molecule has 4 rings (SSSR count). The average molecular weight is 378 g/mol. The number of nitrogens with zero attached hydrogens (tertiary/aromatic N) is 2. The minimum absolute atomic E-state index is 0.107. The fourth-order valence-corrected chi connectivity index (χ4v) is 3.29. The summed E-state index contributed by atoms with van der Waals surface area (Å²) in [5, 5.41) is 3.19. The van der Waals surface area contributed by atoms with Crippen LogP contribution in [0.4, 0.5) is 11.4 Å². The molecule has 142 valence electrons. The van der Waals surface area contributed by atoms with Gasteiger partial charge in [-0.05, 0) is 42.5 Å². The highest BCUT2D eigenvalue weighted by Crippen LogP contribution is 2.27. The topological polar surface area (TPSA) is 104 Å². The lowest BCUT2D eigenvalue weighted by molar-refractivity contribution is -0.122. The van der Waals surface area contributed by atoms with Crippen LogP contribution in [0.2, 0.25) is 0 Å². The molecule has 8 nitrogen and oxygen atoms in total. The van der Waals surface area contributed by atoms with Crippen molar-refractivity contribution >= 4 is 34.1 Å². The standard InChI is InChI=1S/C20H18N4O4/c1-28-15-5-3-14(4-6-15)24-10-12(8-18(24)25)19(26)23-13-2-7-17-16(9-13)20(27)22-11-21-17/h2-7,9,11-12H,8,10H2,1H3,(H,23,26)(H,21,22,27). The van der Waals surface area contributed by atoms with Crippen molar-refractivity contribution in [1.29, 1.82) is 0 Å². The summed E-state index contributed by atoms with van der Waals surface area (Å²) >= 11 is 0. The monoisotopic (exact) mass is 378 g/mol. The van der Waals surface area contributed by atoms with Crippen molar-refractivity contribution in [2.24, 2.45) is 5.92 Å². The lowest BCUT2D eigenvalue weighted by atomic mass is 10.1. The minimum Gasteiger partial charge on any atom is -0.497 e. The van der Waals surface area contributed by atoms with Crippen LogP contribution in [-0.2, 0) is 9.59 Å². The van der Waals surface area contributed by atoms with E-state index in [1.165, 1.54) is 6.33 Å². The molecule has 28 heavy (non-hydrogen) atoms. The Hall–Kier alpha value is -3.68. The molecule has 0 bridgehead atoms. The number of aromatic nitrogens is 2. The molecule has 3 aromatic rings. The fourth-order valence-electron chi connectivity index (χ4n) is 3.29. The first-order valence-electron chi connectivity index (χ1n) is 8.78. The van der Waals surface area contributed by atoms with Gasteiger partial charge < -0.3 is 19.9 Å². The van der Waals surface area contributed by atoms with Crippen LogP contribution in [0, 0.1) is 5.92 Å². The maximum atomic E-state index is 12.6. The maximum Gasteiger partial charge on any atom is 0.258 e. The second-order valence-electron chi connectivity index (χ2n) is 6.56. The molecular formula is C20H18N4O4. The number of amides is 2. The molecule has 0 spiro atoms. The number of methoxy groups -OCH3 is 1. The summed E-state index contributed by atoms with van der Waals surface area (Å²) in [7, 11) is 1.58. The molecule has 8 heteroatoms. The van der Waals surface area contributed by atoms with E-state index in [2.05, 4.69) is 15.3 Å². The molecule has 1 aromatic heterocycles. The van der Waals surface area contributed by atoms with Crippen LogP contribution in [0.3, 0.4) is 0 Å². The van der Waals surface area contributed by atoms with E-state index in [1.807, 2.05) is 0 Å². The number of H-pyrrole nitrogens is 1. The molecule has 2 N–H and O–H groups in total. The number of hydrogen-bond donors (Lipinski definition) is 2. The Balaban J connectivity index is 1.49. The number of ether oxygens (including phenoxy) is 1. The lowest BCUT2D eigenvalue weighted by Crippen LogP contribution is -2.28. The third-order valence-electron chi connectivity index (χ3n) is 4.79. The lowest BCUT2D eigenvalue weighted by Gasteiger charge is -2.17. The summed E-state index contributed by atoms with van der Waals surface area (Å²) in [6.07, 6.45) is 1.47. The van der Waals surface area contributed by atoms with Crippen LogP contribution in [0.15, 0.2) is 53.6 Å². The minimum atomic E-state index is -0.475. The molecular weight excluding hydrogens is 360 g/mol. The molecule has 1 aliphatic rings. The summed E-state index contributed by atoms with van der Waals surface area (Å²) in [4.78, 5) is 45.1. The summed E-state index contributed by atoms with van der Waals surface area (Å²) < 4.78 is 5.13. The first-order valence-corrected chi connectivity index (χ1v) is 8.78. The van der Waals surface area contributed by atoms with Crippen molar-refractivity contribution in [3.63, 3.8) is 0 Å². The van der Waals surface area contributed by atoms with Gasteiger partial charge in [-0.1, -0.05) is 0 Å². The Labute approximate surface area is 160 Å². The van der Waals surface area contributed by atoms with Gasteiger partial charge in [0.2, 0.25) is 11.8 Å². The maximum absolute atomic E-state index is 12.6. The van der Waals surface area contributed by atoms with Gasteiger partial charge >= 0.3 is 0 Å². The predicted octanol–water partition coefficient (Wildman–Crippen LogP) is 1.92. The zero-order valence-electron chi connectivity index (χ0n) is 15.1. The summed E-state index contributed by atoms with van der Waals surface area (Å²) in [6, 6.07) is 12.1. The molecule has 0 aliphatic carbocycles. The quantitative estimate of drug-likeness (QED) is 0.722. The van der Waals surface area contributed by atoms with Crippen molar-refractivity contribution in [2.45, 2.75) is 6.42 Å². The van der Waals surface area contributed by atoms with Crippen LogP contribution < -0.4 is 20.5 Å². The SMILES string of the molecule is COc1ccc(N2CC(C(=O)Nc3ccc4nc[nH]c(=O)c4c3)CC2=O)cc1. The van der Waals surface area contributed by atoms with Crippen molar-refractivity contribution in [2.75, 3.05) is 23.9 Å². The molecule has 2 heterocycles. The second kappa shape index (κ2) is 7.15. The molecule has 0 saturated carbocycles. The second-order valence-corrected chi connectivity index (χ2v) is 6.56. The van der Waals surface area contributed by atoms with Gasteiger partial charge in [-0.25, -0.2) is 4.98 Å². The van der Waals surface area contributed by atoms with Crippen LogP contribution in [0.25, 0.3) is 10.9 Å².